The molecule has 4 N–H and O–H groups in total. The number of primary amides is 1. The lowest BCUT2D eigenvalue weighted by Gasteiger charge is -2.24. The largest absolute Gasteiger partial charge is 0.366 e. The molecule has 0 aliphatic heterocycles. The summed E-state index contributed by atoms with van der Waals surface area (Å²) in [5.41, 5.74) is 12.9. The Kier molecular flexibility index (Phi) is 9.88. The topological polar surface area (TPSA) is 110 Å². The predicted molar refractivity (Wildman–Crippen MR) is 126 cm³/mol. The number of hydrogen-bond acceptors (Lipinski definition) is 4. The van der Waals surface area contributed by atoms with Crippen LogP contribution in [0.1, 0.15) is 69.7 Å². The van der Waals surface area contributed by atoms with Gasteiger partial charge in [0.1, 0.15) is 0 Å². The van der Waals surface area contributed by atoms with Crippen molar-refractivity contribution in [1.82, 2.24) is 9.80 Å². The van der Waals surface area contributed by atoms with Gasteiger partial charge in [-0.2, -0.15) is 0 Å². The molecule has 0 aliphatic rings. The Balaban J connectivity index is 2.42. The minimum atomic E-state index is -0.678. The third kappa shape index (κ3) is 6.92. The van der Waals surface area contributed by atoms with Crippen LogP contribution >= 0.6 is 0 Å². The molecule has 0 atom stereocenters. The first-order valence-corrected chi connectivity index (χ1v) is 11.2. The lowest BCUT2D eigenvalue weighted by Crippen LogP contribution is -2.34. The standard InChI is InChI=1S/C25H34N4O3/c1-3-12-28(13-4-2)24(31)21-15-20(23(27)30)16-22(17-21)25(32)29(14-8-11-26)18-19-9-6-5-7-10-19/h5-7,9-10,15-17H,3-4,8,11-14,18,26H2,1-2H3,(H2,27,30). The van der Waals surface area contributed by atoms with Gasteiger partial charge < -0.3 is 21.3 Å². The smallest absolute Gasteiger partial charge is 0.254 e. The van der Waals surface area contributed by atoms with Crippen molar-refractivity contribution in [2.75, 3.05) is 26.2 Å². The third-order valence-corrected chi connectivity index (χ3v) is 5.12. The Hall–Kier alpha value is -3.19. The van der Waals surface area contributed by atoms with Crippen molar-refractivity contribution in [3.05, 3.63) is 70.8 Å². The van der Waals surface area contributed by atoms with Crippen molar-refractivity contribution < 1.29 is 14.4 Å². The summed E-state index contributed by atoms with van der Waals surface area (Å²) < 4.78 is 0. The Bertz CT molecular complexity index is 909. The van der Waals surface area contributed by atoms with Gasteiger partial charge in [0, 0.05) is 42.9 Å². The SMILES string of the molecule is CCCN(CCC)C(=O)c1cc(C(N)=O)cc(C(=O)N(CCCN)Cc2ccccc2)c1. The van der Waals surface area contributed by atoms with Crippen LogP contribution in [0.4, 0.5) is 0 Å². The first kappa shape index (κ1) is 25.1. The second-order valence-corrected chi connectivity index (χ2v) is 7.81. The van der Waals surface area contributed by atoms with E-state index < -0.39 is 5.91 Å². The maximum absolute atomic E-state index is 13.4. The molecule has 7 nitrogen and oxygen atoms in total. The summed E-state index contributed by atoms with van der Waals surface area (Å²) >= 11 is 0. The Morgan fingerprint density at radius 2 is 1.31 bits per heavy atom. The molecule has 7 heteroatoms. The van der Waals surface area contributed by atoms with Crippen LogP contribution < -0.4 is 11.5 Å². The van der Waals surface area contributed by atoms with Crippen LogP contribution in [-0.2, 0) is 6.54 Å². The zero-order valence-electron chi connectivity index (χ0n) is 19.0. The van der Waals surface area contributed by atoms with Crippen molar-refractivity contribution in [2.45, 2.75) is 39.7 Å². The van der Waals surface area contributed by atoms with Gasteiger partial charge in [-0.25, -0.2) is 0 Å². The zero-order valence-corrected chi connectivity index (χ0v) is 19.0. The van der Waals surface area contributed by atoms with E-state index in [1.165, 1.54) is 12.1 Å². The average molecular weight is 439 g/mol. The van der Waals surface area contributed by atoms with Gasteiger partial charge in [0.15, 0.2) is 0 Å². The summed E-state index contributed by atoms with van der Waals surface area (Å²) in [5, 5.41) is 0. The third-order valence-electron chi connectivity index (χ3n) is 5.12. The summed E-state index contributed by atoms with van der Waals surface area (Å²) in [6, 6.07) is 14.2. The van der Waals surface area contributed by atoms with E-state index >= 15 is 0 Å². The van der Waals surface area contributed by atoms with E-state index in [1.54, 1.807) is 15.9 Å². The molecule has 0 aromatic heterocycles. The number of benzene rings is 2. The van der Waals surface area contributed by atoms with Gasteiger partial charge in [-0.1, -0.05) is 44.2 Å². The quantitative estimate of drug-likeness (QED) is 0.531. The van der Waals surface area contributed by atoms with Crippen molar-refractivity contribution in [3.8, 4) is 0 Å². The van der Waals surface area contributed by atoms with Gasteiger partial charge in [-0.05, 0) is 49.6 Å². The minimum Gasteiger partial charge on any atom is -0.366 e. The van der Waals surface area contributed by atoms with Crippen LogP contribution in [0.5, 0.6) is 0 Å². The molecule has 2 rings (SSSR count). The molecule has 0 aliphatic carbocycles. The molecule has 0 heterocycles. The van der Waals surface area contributed by atoms with Gasteiger partial charge in [0.2, 0.25) is 5.91 Å². The summed E-state index contributed by atoms with van der Waals surface area (Å²) in [6.45, 7) is 6.54. The van der Waals surface area contributed by atoms with Crippen LogP contribution in [0.2, 0.25) is 0 Å². The lowest BCUT2D eigenvalue weighted by atomic mass is 10.0. The van der Waals surface area contributed by atoms with Gasteiger partial charge in [-0.3, -0.25) is 14.4 Å². The van der Waals surface area contributed by atoms with Crippen molar-refractivity contribution in [2.24, 2.45) is 11.5 Å². The normalized spacial score (nSPS) is 10.6. The van der Waals surface area contributed by atoms with Crippen molar-refractivity contribution >= 4 is 17.7 Å². The molecule has 32 heavy (non-hydrogen) atoms. The van der Waals surface area contributed by atoms with E-state index in [0.717, 1.165) is 18.4 Å². The van der Waals surface area contributed by atoms with Crippen LogP contribution in [0.25, 0.3) is 0 Å². The first-order valence-electron chi connectivity index (χ1n) is 11.2. The number of rotatable bonds is 12. The molecule has 0 unspecified atom stereocenters. The van der Waals surface area contributed by atoms with Gasteiger partial charge in [-0.15, -0.1) is 0 Å². The van der Waals surface area contributed by atoms with Crippen LogP contribution in [-0.4, -0.2) is 53.7 Å². The molecule has 0 saturated carbocycles. The fraction of sp³-hybridized carbons (Fsp3) is 0.400. The van der Waals surface area contributed by atoms with Gasteiger partial charge in [0.05, 0.1) is 0 Å². The number of nitrogens with two attached hydrogens (primary N) is 2. The summed E-state index contributed by atoms with van der Waals surface area (Å²) in [5.74, 6) is -1.15. The predicted octanol–water partition coefficient (Wildman–Crippen LogP) is 3.04. The minimum absolute atomic E-state index is 0.144. The fourth-order valence-electron chi connectivity index (χ4n) is 3.58. The molecule has 2 aromatic rings. The zero-order chi connectivity index (χ0) is 23.5. The van der Waals surface area contributed by atoms with Crippen LogP contribution in [0, 0.1) is 0 Å². The van der Waals surface area contributed by atoms with Crippen molar-refractivity contribution in [3.63, 3.8) is 0 Å². The highest BCUT2D eigenvalue weighted by Gasteiger charge is 2.22. The van der Waals surface area contributed by atoms with Gasteiger partial charge >= 0.3 is 0 Å². The molecular formula is C25H34N4O3. The Morgan fingerprint density at radius 3 is 1.81 bits per heavy atom. The second kappa shape index (κ2) is 12.6. The number of carbonyl (C=O) groups excluding carboxylic acids is 3. The van der Waals surface area contributed by atoms with E-state index in [2.05, 4.69) is 0 Å². The highest BCUT2D eigenvalue weighted by atomic mass is 16.2. The Morgan fingerprint density at radius 1 is 0.781 bits per heavy atom. The molecule has 0 radical (unpaired) electrons. The van der Waals surface area contributed by atoms with Crippen molar-refractivity contribution in [1.29, 1.82) is 0 Å². The number of nitrogens with zero attached hydrogens (tertiary/aromatic N) is 2. The number of carbonyl (C=O) groups is 3. The van der Waals surface area contributed by atoms with Crippen LogP contribution in [0.3, 0.4) is 0 Å². The molecule has 0 saturated heterocycles. The first-order chi connectivity index (χ1) is 15.4. The van der Waals surface area contributed by atoms with E-state index in [4.69, 9.17) is 11.5 Å². The lowest BCUT2D eigenvalue weighted by molar-refractivity contribution is 0.0742. The number of hydrogen-bond donors (Lipinski definition) is 2. The Labute approximate surface area is 190 Å². The second-order valence-electron chi connectivity index (χ2n) is 7.81. The van der Waals surface area contributed by atoms with E-state index in [9.17, 15) is 14.4 Å². The highest BCUT2D eigenvalue weighted by molar-refractivity contribution is 6.04. The number of amides is 3. The van der Waals surface area contributed by atoms with E-state index in [0.29, 0.717) is 44.7 Å². The summed E-state index contributed by atoms with van der Waals surface area (Å²) in [7, 11) is 0. The summed E-state index contributed by atoms with van der Waals surface area (Å²) in [4.78, 5) is 42.0. The van der Waals surface area contributed by atoms with E-state index in [1.807, 2.05) is 44.2 Å². The van der Waals surface area contributed by atoms with Crippen LogP contribution in [0.15, 0.2) is 48.5 Å². The van der Waals surface area contributed by atoms with Gasteiger partial charge in [0.25, 0.3) is 11.8 Å². The molecular weight excluding hydrogens is 404 g/mol. The molecule has 172 valence electrons. The molecule has 2 aromatic carbocycles. The summed E-state index contributed by atoms with van der Waals surface area (Å²) in [6.07, 6.45) is 2.27. The molecule has 0 spiro atoms. The maximum atomic E-state index is 13.4. The monoisotopic (exact) mass is 438 g/mol. The van der Waals surface area contributed by atoms with E-state index in [-0.39, 0.29) is 22.9 Å². The fourth-order valence-corrected chi connectivity index (χ4v) is 3.58. The molecule has 0 bridgehead atoms. The molecule has 0 fully saturated rings. The molecule has 3 amide bonds. The maximum Gasteiger partial charge on any atom is 0.254 e. The average Bonchev–Trinajstić information content (AvgIpc) is 2.81. The highest BCUT2D eigenvalue weighted by Crippen LogP contribution is 2.17.